The number of carboxylic acid groups (broad SMARTS) is 1. The highest BCUT2D eigenvalue weighted by atomic mass is 16.4. The molecule has 0 bridgehead atoms. The molecular weight excluding hydrogens is 278 g/mol. The van der Waals surface area contributed by atoms with E-state index >= 15 is 0 Å². The Morgan fingerprint density at radius 2 is 1.68 bits per heavy atom. The quantitative estimate of drug-likeness (QED) is 0.933. The molecule has 4 nitrogen and oxygen atoms in total. The number of aryl methyl sites for hydroxylation is 2. The number of rotatable bonds is 3. The highest BCUT2D eigenvalue weighted by molar-refractivity contribution is 5.92. The maximum absolute atomic E-state index is 13.0. The van der Waals surface area contributed by atoms with Gasteiger partial charge in [-0.05, 0) is 45.6 Å². The molecule has 1 saturated heterocycles. The molecule has 1 N–H and O–H groups in total. The number of aliphatic carboxylic acids is 1. The highest BCUT2D eigenvalue weighted by Crippen LogP contribution is 2.51. The predicted molar refractivity (Wildman–Crippen MR) is 83.8 cm³/mol. The summed E-state index contributed by atoms with van der Waals surface area (Å²) in [5.41, 5.74) is 2.24. The van der Waals surface area contributed by atoms with Gasteiger partial charge in [0, 0.05) is 13.1 Å². The van der Waals surface area contributed by atoms with E-state index in [1.165, 1.54) is 11.1 Å². The average Bonchev–Trinajstić information content (AvgIpc) is 3.14. The van der Waals surface area contributed by atoms with E-state index in [4.69, 9.17) is 0 Å². The van der Waals surface area contributed by atoms with E-state index < -0.39 is 16.8 Å². The normalized spacial score (nSPS) is 26.0. The van der Waals surface area contributed by atoms with Crippen molar-refractivity contribution in [2.75, 3.05) is 13.1 Å². The average molecular weight is 301 g/mol. The van der Waals surface area contributed by atoms with Gasteiger partial charge in [-0.3, -0.25) is 9.59 Å². The molecular formula is C18H23NO3. The Hall–Kier alpha value is -1.84. The molecule has 0 radical (unpaired) electrons. The Kier molecular flexibility index (Phi) is 3.31. The third-order valence-corrected chi connectivity index (χ3v) is 5.21. The second-order valence-electron chi connectivity index (χ2n) is 7.30. The maximum atomic E-state index is 13.0. The van der Waals surface area contributed by atoms with Crippen LogP contribution in [0, 0.1) is 19.3 Å². The lowest BCUT2D eigenvalue weighted by Crippen LogP contribution is -2.40. The molecule has 1 aromatic rings. The first kappa shape index (κ1) is 15.1. The van der Waals surface area contributed by atoms with Crippen LogP contribution in [0.1, 0.15) is 42.9 Å². The lowest BCUT2D eigenvalue weighted by Gasteiger charge is -2.25. The van der Waals surface area contributed by atoms with Crippen LogP contribution in [0.3, 0.4) is 0 Å². The topological polar surface area (TPSA) is 57.6 Å². The maximum Gasteiger partial charge on any atom is 0.311 e. The fraction of sp³-hybridized carbons (Fsp3) is 0.556. The third-order valence-electron chi connectivity index (χ3n) is 5.21. The van der Waals surface area contributed by atoms with Crippen LogP contribution in [0.4, 0.5) is 0 Å². The Morgan fingerprint density at radius 3 is 2.14 bits per heavy atom. The summed E-state index contributed by atoms with van der Waals surface area (Å²) in [7, 11) is 0. The minimum Gasteiger partial charge on any atom is -0.481 e. The molecule has 1 aliphatic heterocycles. The summed E-state index contributed by atoms with van der Waals surface area (Å²) in [6.45, 7) is 6.71. The molecule has 3 rings (SSSR count). The van der Waals surface area contributed by atoms with Crippen molar-refractivity contribution in [1.29, 1.82) is 0 Å². The van der Waals surface area contributed by atoms with Gasteiger partial charge >= 0.3 is 5.97 Å². The number of hydrogen-bond acceptors (Lipinski definition) is 2. The SMILES string of the molecule is Cc1cc(C)cc(C2(C(=O)N3CCC(C)(C(=O)O)C3)CC2)c1. The number of carbonyl (C=O) groups excluding carboxylic acids is 1. The van der Waals surface area contributed by atoms with Crippen molar-refractivity contribution >= 4 is 11.9 Å². The van der Waals surface area contributed by atoms with Gasteiger partial charge in [0.15, 0.2) is 0 Å². The Balaban J connectivity index is 1.85. The highest BCUT2D eigenvalue weighted by Gasteiger charge is 2.55. The monoisotopic (exact) mass is 301 g/mol. The van der Waals surface area contributed by atoms with Gasteiger partial charge in [0.1, 0.15) is 0 Å². The number of carboxylic acids is 1. The van der Waals surface area contributed by atoms with E-state index in [1.807, 2.05) is 0 Å². The second-order valence-corrected chi connectivity index (χ2v) is 7.30. The lowest BCUT2D eigenvalue weighted by molar-refractivity contribution is -0.147. The van der Waals surface area contributed by atoms with E-state index in [-0.39, 0.29) is 5.91 Å². The Labute approximate surface area is 131 Å². The number of likely N-dealkylation sites (tertiary alicyclic amines) is 1. The van der Waals surface area contributed by atoms with E-state index in [2.05, 4.69) is 32.0 Å². The van der Waals surface area contributed by atoms with Crippen molar-refractivity contribution in [2.24, 2.45) is 5.41 Å². The molecule has 1 amide bonds. The van der Waals surface area contributed by atoms with Crippen LogP contribution in [0.2, 0.25) is 0 Å². The molecule has 1 aromatic carbocycles. The van der Waals surface area contributed by atoms with Crippen molar-refractivity contribution in [3.63, 3.8) is 0 Å². The van der Waals surface area contributed by atoms with Crippen molar-refractivity contribution in [3.8, 4) is 0 Å². The summed E-state index contributed by atoms with van der Waals surface area (Å²) in [4.78, 5) is 26.1. The van der Waals surface area contributed by atoms with E-state index in [9.17, 15) is 14.7 Å². The molecule has 2 fully saturated rings. The first-order chi connectivity index (χ1) is 10.3. The molecule has 0 aromatic heterocycles. The van der Waals surface area contributed by atoms with Crippen molar-refractivity contribution < 1.29 is 14.7 Å². The predicted octanol–water partition coefficient (Wildman–Crippen LogP) is 2.66. The van der Waals surface area contributed by atoms with E-state index in [1.54, 1.807) is 11.8 Å². The first-order valence-corrected chi connectivity index (χ1v) is 7.88. The van der Waals surface area contributed by atoms with Gasteiger partial charge in [-0.25, -0.2) is 0 Å². The number of amides is 1. The Bertz CT molecular complexity index is 627. The summed E-state index contributed by atoms with van der Waals surface area (Å²) in [6.07, 6.45) is 2.28. The van der Waals surface area contributed by atoms with E-state index in [0.29, 0.717) is 19.5 Å². The molecule has 1 unspecified atom stereocenters. The van der Waals surface area contributed by atoms with Gasteiger partial charge in [0.2, 0.25) is 5.91 Å². The van der Waals surface area contributed by atoms with Gasteiger partial charge in [-0.2, -0.15) is 0 Å². The smallest absolute Gasteiger partial charge is 0.311 e. The van der Waals surface area contributed by atoms with Gasteiger partial charge < -0.3 is 10.0 Å². The molecule has 2 aliphatic rings. The number of benzene rings is 1. The largest absolute Gasteiger partial charge is 0.481 e. The number of hydrogen-bond donors (Lipinski definition) is 1. The first-order valence-electron chi connectivity index (χ1n) is 7.88. The van der Waals surface area contributed by atoms with Gasteiger partial charge in [-0.15, -0.1) is 0 Å². The minimum absolute atomic E-state index is 0.113. The van der Waals surface area contributed by atoms with Crippen LogP contribution in [0.25, 0.3) is 0 Å². The summed E-state index contributed by atoms with van der Waals surface area (Å²) in [5, 5.41) is 9.34. The summed E-state index contributed by atoms with van der Waals surface area (Å²) in [6, 6.07) is 6.32. The molecule has 1 atom stereocenters. The van der Waals surface area contributed by atoms with Crippen LogP contribution < -0.4 is 0 Å². The van der Waals surface area contributed by atoms with Crippen LogP contribution in [0.15, 0.2) is 18.2 Å². The summed E-state index contributed by atoms with van der Waals surface area (Å²) < 4.78 is 0. The number of carbonyl (C=O) groups is 2. The summed E-state index contributed by atoms with van der Waals surface area (Å²) in [5.74, 6) is -0.693. The lowest BCUT2D eigenvalue weighted by atomic mass is 9.89. The van der Waals surface area contributed by atoms with Crippen molar-refractivity contribution in [2.45, 2.75) is 45.4 Å². The zero-order chi connectivity index (χ0) is 16.1. The Morgan fingerprint density at radius 1 is 1.09 bits per heavy atom. The third kappa shape index (κ3) is 2.31. The minimum atomic E-state index is -0.806. The fourth-order valence-corrected chi connectivity index (χ4v) is 3.61. The molecule has 1 saturated carbocycles. The fourth-order valence-electron chi connectivity index (χ4n) is 3.61. The van der Waals surface area contributed by atoms with Crippen LogP contribution in [-0.2, 0) is 15.0 Å². The van der Waals surface area contributed by atoms with Crippen LogP contribution >= 0.6 is 0 Å². The van der Waals surface area contributed by atoms with E-state index in [0.717, 1.165) is 18.4 Å². The van der Waals surface area contributed by atoms with Gasteiger partial charge in [0.05, 0.1) is 10.8 Å². The van der Waals surface area contributed by atoms with Gasteiger partial charge in [0.25, 0.3) is 0 Å². The van der Waals surface area contributed by atoms with Gasteiger partial charge in [-0.1, -0.05) is 29.3 Å². The summed E-state index contributed by atoms with van der Waals surface area (Å²) >= 11 is 0. The molecule has 1 aliphatic carbocycles. The zero-order valence-corrected chi connectivity index (χ0v) is 13.5. The standard InChI is InChI=1S/C18H23NO3/c1-12-8-13(2)10-14(9-12)18(4-5-18)15(20)19-7-6-17(3,11-19)16(21)22/h8-10H,4-7,11H2,1-3H3,(H,21,22). The molecule has 118 valence electrons. The molecule has 22 heavy (non-hydrogen) atoms. The zero-order valence-electron chi connectivity index (χ0n) is 13.5. The van der Waals surface area contributed by atoms with Crippen molar-refractivity contribution in [3.05, 3.63) is 34.9 Å². The molecule has 1 heterocycles. The van der Waals surface area contributed by atoms with Crippen molar-refractivity contribution in [1.82, 2.24) is 4.90 Å². The molecule has 0 spiro atoms. The van der Waals surface area contributed by atoms with Crippen LogP contribution in [0.5, 0.6) is 0 Å². The number of nitrogens with zero attached hydrogens (tertiary/aromatic N) is 1. The second kappa shape index (κ2) is 4.83. The van der Waals surface area contributed by atoms with Crippen LogP contribution in [-0.4, -0.2) is 35.0 Å². The molecule has 4 heteroatoms.